The Morgan fingerprint density at radius 1 is 1.35 bits per heavy atom. The van der Waals surface area contributed by atoms with Crippen molar-refractivity contribution in [1.82, 2.24) is 19.7 Å². The van der Waals surface area contributed by atoms with Crippen molar-refractivity contribution in [1.29, 1.82) is 0 Å². The molecule has 0 radical (unpaired) electrons. The minimum absolute atomic E-state index is 0.260. The van der Waals surface area contributed by atoms with Crippen LogP contribution in [-0.4, -0.2) is 29.9 Å². The molecule has 3 N–H and O–H groups in total. The molecule has 2 aromatic heterocycles. The van der Waals surface area contributed by atoms with Gasteiger partial charge in [0.25, 0.3) is 0 Å². The molecule has 92 valence electrons. The maximum atomic E-state index is 11.7. The van der Waals surface area contributed by atoms with Crippen LogP contribution in [0.25, 0.3) is 0 Å². The third kappa shape index (κ3) is 3.18. The third-order valence-electron chi connectivity index (χ3n) is 2.32. The van der Waals surface area contributed by atoms with E-state index in [0.717, 1.165) is 12.2 Å². The average Bonchev–Trinajstić information content (AvgIpc) is 2.97. The molecule has 0 aromatic carbocycles. The predicted octanol–water partition coefficient (Wildman–Crippen LogP) is 0.649. The summed E-state index contributed by atoms with van der Waals surface area (Å²) in [4.78, 5) is 10.0. The van der Waals surface area contributed by atoms with Crippen LogP contribution in [0.2, 0.25) is 0 Å². The van der Waals surface area contributed by atoms with Gasteiger partial charge in [-0.05, 0) is 12.5 Å². The van der Waals surface area contributed by atoms with Crippen molar-refractivity contribution in [3.63, 3.8) is 0 Å². The number of aryl methyl sites for hydroxylation is 1. The number of sulfonamides is 1. The van der Waals surface area contributed by atoms with E-state index in [4.69, 9.17) is 0 Å². The molecule has 2 aromatic rings. The van der Waals surface area contributed by atoms with Crippen molar-refractivity contribution >= 4 is 10.0 Å². The highest BCUT2D eigenvalue weighted by molar-refractivity contribution is 7.89. The van der Waals surface area contributed by atoms with Crippen LogP contribution < -0.4 is 4.72 Å². The van der Waals surface area contributed by atoms with Gasteiger partial charge in [0.2, 0.25) is 10.0 Å². The van der Waals surface area contributed by atoms with E-state index in [1.807, 2.05) is 0 Å². The fourth-order valence-electron chi connectivity index (χ4n) is 1.46. The Labute approximate surface area is 99.5 Å². The summed E-state index contributed by atoms with van der Waals surface area (Å²) in [5, 5.41) is 0. The lowest BCUT2D eigenvalue weighted by Crippen LogP contribution is -2.24. The van der Waals surface area contributed by atoms with Crippen LogP contribution in [0.5, 0.6) is 0 Å². The molecule has 0 amide bonds. The average molecular weight is 254 g/mol. The number of hydrogen-bond donors (Lipinski definition) is 3. The summed E-state index contributed by atoms with van der Waals surface area (Å²) in [5.41, 5.74) is 0. The van der Waals surface area contributed by atoms with Crippen LogP contribution in [0.1, 0.15) is 12.2 Å². The fraction of sp³-hybridized carbons (Fsp3) is 0.300. The summed E-state index contributed by atoms with van der Waals surface area (Å²) in [7, 11) is -3.37. The Morgan fingerprint density at radius 3 is 2.88 bits per heavy atom. The van der Waals surface area contributed by atoms with Gasteiger partial charge in [-0.2, -0.15) is 0 Å². The maximum absolute atomic E-state index is 11.7. The van der Waals surface area contributed by atoms with Crippen LogP contribution in [-0.2, 0) is 16.4 Å². The largest absolute Gasteiger partial charge is 0.366 e. The monoisotopic (exact) mass is 254 g/mol. The van der Waals surface area contributed by atoms with Gasteiger partial charge in [-0.15, -0.1) is 0 Å². The van der Waals surface area contributed by atoms with E-state index in [0.29, 0.717) is 13.0 Å². The van der Waals surface area contributed by atoms with Crippen molar-refractivity contribution in [2.45, 2.75) is 17.7 Å². The molecular formula is C10H14N4O2S. The van der Waals surface area contributed by atoms with Gasteiger partial charge in [0.1, 0.15) is 5.82 Å². The first-order valence-corrected chi connectivity index (χ1v) is 6.77. The molecular weight excluding hydrogens is 240 g/mol. The summed E-state index contributed by atoms with van der Waals surface area (Å²) in [6.07, 6.45) is 7.89. The zero-order valence-electron chi connectivity index (χ0n) is 9.18. The second-order valence-corrected chi connectivity index (χ2v) is 5.35. The van der Waals surface area contributed by atoms with Crippen LogP contribution in [0, 0.1) is 0 Å². The van der Waals surface area contributed by atoms with Crippen LogP contribution >= 0.6 is 0 Å². The Morgan fingerprint density at radius 2 is 2.24 bits per heavy atom. The molecule has 0 saturated carbocycles. The summed E-state index contributed by atoms with van der Waals surface area (Å²) in [6, 6.07) is 1.52. The zero-order valence-corrected chi connectivity index (χ0v) is 10.00. The normalized spacial score (nSPS) is 11.8. The van der Waals surface area contributed by atoms with Gasteiger partial charge in [0.05, 0.1) is 4.90 Å². The van der Waals surface area contributed by atoms with Gasteiger partial charge in [-0.3, -0.25) is 0 Å². The molecule has 0 atom stereocenters. The lowest BCUT2D eigenvalue weighted by atomic mass is 10.3. The van der Waals surface area contributed by atoms with Gasteiger partial charge in [0.15, 0.2) is 0 Å². The summed E-state index contributed by atoms with van der Waals surface area (Å²) < 4.78 is 25.9. The van der Waals surface area contributed by atoms with Crippen LogP contribution in [0.4, 0.5) is 0 Å². The number of nitrogens with one attached hydrogen (secondary N) is 3. The molecule has 6 nitrogen and oxygen atoms in total. The van der Waals surface area contributed by atoms with Gasteiger partial charge in [-0.1, -0.05) is 0 Å². The SMILES string of the molecule is O=S(=O)(NCCCc1ncc[nH]1)c1cc[nH]c1. The second kappa shape index (κ2) is 5.15. The van der Waals surface area contributed by atoms with Crippen molar-refractivity contribution in [2.75, 3.05) is 6.54 Å². The van der Waals surface area contributed by atoms with E-state index >= 15 is 0 Å². The van der Waals surface area contributed by atoms with Crippen molar-refractivity contribution in [3.8, 4) is 0 Å². The Balaban J connectivity index is 1.79. The van der Waals surface area contributed by atoms with Crippen molar-refractivity contribution in [2.24, 2.45) is 0 Å². The summed E-state index contributed by atoms with van der Waals surface area (Å²) in [5.74, 6) is 0.867. The van der Waals surface area contributed by atoms with Crippen LogP contribution in [0.15, 0.2) is 35.7 Å². The van der Waals surface area contributed by atoms with E-state index in [9.17, 15) is 8.42 Å². The number of rotatable bonds is 6. The minimum Gasteiger partial charge on any atom is -0.366 e. The molecule has 0 aliphatic carbocycles. The summed E-state index contributed by atoms with van der Waals surface area (Å²) in [6.45, 7) is 0.397. The Kier molecular flexibility index (Phi) is 3.60. The second-order valence-electron chi connectivity index (χ2n) is 3.58. The standard InChI is InChI=1S/C10H14N4O2S/c15-17(16,9-3-5-11-8-9)14-4-1-2-10-12-6-7-13-10/h3,5-8,11,14H,1-2,4H2,(H,12,13). The maximum Gasteiger partial charge on any atom is 0.242 e. The Bertz CT molecular complexity index is 531. The zero-order chi connectivity index (χ0) is 12.1. The highest BCUT2D eigenvalue weighted by Gasteiger charge is 2.12. The van der Waals surface area contributed by atoms with E-state index in [-0.39, 0.29) is 4.90 Å². The molecule has 0 aliphatic heterocycles. The molecule has 2 rings (SSSR count). The molecule has 0 spiro atoms. The first-order valence-electron chi connectivity index (χ1n) is 5.29. The number of imidazole rings is 1. The predicted molar refractivity (Wildman–Crippen MR) is 62.9 cm³/mol. The molecule has 17 heavy (non-hydrogen) atoms. The quantitative estimate of drug-likeness (QED) is 0.661. The highest BCUT2D eigenvalue weighted by Crippen LogP contribution is 2.05. The van der Waals surface area contributed by atoms with Crippen molar-refractivity contribution < 1.29 is 8.42 Å². The van der Waals surface area contributed by atoms with Gasteiger partial charge in [0, 0.05) is 37.8 Å². The first-order chi connectivity index (χ1) is 8.18. The lowest BCUT2D eigenvalue weighted by molar-refractivity contribution is 0.578. The first kappa shape index (κ1) is 11.9. The van der Waals surface area contributed by atoms with E-state index in [1.165, 1.54) is 12.3 Å². The fourth-order valence-corrected chi connectivity index (χ4v) is 2.51. The van der Waals surface area contributed by atoms with Gasteiger partial charge >= 0.3 is 0 Å². The van der Waals surface area contributed by atoms with E-state index < -0.39 is 10.0 Å². The number of nitrogens with zero attached hydrogens (tertiary/aromatic N) is 1. The number of H-pyrrole nitrogens is 2. The molecule has 2 heterocycles. The lowest BCUT2D eigenvalue weighted by Gasteiger charge is -2.03. The van der Waals surface area contributed by atoms with Gasteiger partial charge in [-0.25, -0.2) is 18.1 Å². The molecule has 0 bridgehead atoms. The molecule has 0 fully saturated rings. The highest BCUT2D eigenvalue weighted by atomic mass is 32.2. The molecule has 0 aliphatic rings. The van der Waals surface area contributed by atoms with Gasteiger partial charge < -0.3 is 9.97 Å². The van der Waals surface area contributed by atoms with E-state index in [1.54, 1.807) is 18.6 Å². The topological polar surface area (TPSA) is 90.6 Å². The van der Waals surface area contributed by atoms with E-state index in [2.05, 4.69) is 19.7 Å². The Hall–Kier alpha value is -1.60. The smallest absolute Gasteiger partial charge is 0.242 e. The minimum atomic E-state index is -3.37. The summed E-state index contributed by atoms with van der Waals surface area (Å²) >= 11 is 0. The number of hydrogen-bond acceptors (Lipinski definition) is 3. The van der Waals surface area contributed by atoms with Crippen LogP contribution in [0.3, 0.4) is 0 Å². The number of aromatic nitrogens is 3. The third-order valence-corrected chi connectivity index (χ3v) is 3.78. The molecule has 0 unspecified atom stereocenters. The molecule has 7 heteroatoms. The van der Waals surface area contributed by atoms with Crippen molar-refractivity contribution in [3.05, 3.63) is 36.7 Å². The number of aromatic amines is 2. The molecule has 0 saturated heterocycles.